The van der Waals surface area contributed by atoms with E-state index in [0.29, 0.717) is 13.0 Å². The Balaban J connectivity index is 2.19. The standard InChI is InChI=1S/C15H21NO3/c17-10-4-9-16(11-15(18)19)14-8-3-6-12-5-1-2-7-13(12)14/h1-2,5,7,14,17H,3-4,6,8-11H2,(H,18,19). The van der Waals surface area contributed by atoms with Gasteiger partial charge in [-0.15, -0.1) is 0 Å². The molecule has 2 N–H and O–H groups in total. The fourth-order valence-corrected chi connectivity index (χ4v) is 2.90. The van der Waals surface area contributed by atoms with E-state index in [4.69, 9.17) is 10.2 Å². The number of hydrogen-bond acceptors (Lipinski definition) is 3. The second-order valence-corrected chi connectivity index (χ2v) is 5.05. The van der Waals surface area contributed by atoms with Crippen LogP contribution in [0.1, 0.15) is 36.4 Å². The van der Waals surface area contributed by atoms with Crippen LogP contribution in [0.2, 0.25) is 0 Å². The Morgan fingerprint density at radius 1 is 1.37 bits per heavy atom. The number of benzene rings is 1. The molecule has 0 heterocycles. The predicted octanol–water partition coefficient (Wildman–Crippen LogP) is 1.83. The Bertz CT molecular complexity index is 433. The molecule has 0 saturated carbocycles. The number of aliphatic hydroxyl groups is 1. The quantitative estimate of drug-likeness (QED) is 0.822. The number of carbonyl (C=O) groups is 1. The lowest BCUT2D eigenvalue weighted by Crippen LogP contribution is -2.36. The smallest absolute Gasteiger partial charge is 0.317 e. The number of carboxylic acid groups (broad SMARTS) is 1. The number of aryl methyl sites for hydroxylation is 1. The minimum atomic E-state index is -0.805. The molecule has 0 amide bonds. The van der Waals surface area contributed by atoms with Crippen LogP contribution in [-0.4, -0.2) is 40.8 Å². The van der Waals surface area contributed by atoms with Gasteiger partial charge in [0, 0.05) is 19.2 Å². The second kappa shape index (κ2) is 6.68. The highest BCUT2D eigenvalue weighted by Crippen LogP contribution is 2.34. The molecule has 19 heavy (non-hydrogen) atoms. The van der Waals surface area contributed by atoms with Crippen molar-refractivity contribution in [3.63, 3.8) is 0 Å². The molecule has 0 spiro atoms. The molecule has 0 fully saturated rings. The van der Waals surface area contributed by atoms with E-state index in [1.165, 1.54) is 11.1 Å². The number of fused-ring (bicyclic) bond motifs is 1. The molecule has 2 rings (SSSR count). The number of aliphatic carboxylic acids is 1. The summed E-state index contributed by atoms with van der Waals surface area (Å²) in [5, 5.41) is 18.0. The van der Waals surface area contributed by atoms with E-state index >= 15 is 0 Å². The molecule has 0 saturated heterocycles. The molecule has 0 bridgehead atoms. The lowest BCUT2D eigenvalue weighted by molar-refractivity contribution is -0.139. The summed E-state index contributed by atoms with van der Waals surface area (Å²) < 4.78 is 0. The van der Waals surface area contributed by atoms with Gasteiger partial charge in [0.2, 0.25) is 0 Å². The minimum Gasteiger partial charge on any atom is -0.480 e. The molecular formula is C15H21NO3. The van der Waals surface area contributed by atoms with Crippen LogP contribution in [0, 0.1) is 0 Å². The van der Waals surface area contributed by atoms with Crippen LogP contribution in [0.15, 0.2) is 24.3 Å². The summed E-state index contributed by atoms with van der Waals surface area (Å²) in [6.45, 7) is 0.769. The Morgan fingerprint density at radius 2 is 2.16 bits per heavy atom. The molecule has 1 aromatic rings. The SMILES string of the molecule is O=C(O)CN(CCCO)C1CCCc2ccccc21. The van der Waals surface area contributed by atoms with Gasteiger partial charge < -0.3 is 10.2 Å². The number of carboxylic acids is 1. The van der Waals surface area contributed by atoms with Gasteiger partial charge in [0.1, 0.15) is 0 Å². The first kappa shape index (κ1) is 14.0. The van der Waals surface area contributed by atoms with Crippen molar-refractivity contribution in [3.8, 4) is 0 Å². The van der Waals surface area contributed by atoms with Crippen LogP contribution in [0.4, 0.5) is 0 Å². The van der Waals surface area contributed by atoms with Crippen molar-refractivity contribution in [3.05, 3.63) is 35.4 Å². The highest BCUT2D eigenvalue weighted by atomic mass is 16.4. The molecule has 1 aromatic carbocycles. The van der Waals surface area contributed by atoms with Gasteiger partial charge in [0.15, 0.2) is 0 Å². The first-order chi connectivity index (χ1) is 9.22. The molecule has 1 aliphatic carbocycles. The Labute approximate surface area is 113 Å². The van der Waals surface area contributed by atoms with E-state index in [9.17, 15) is 4.79 Å². The van der Waals surface area contributed by atoms with Gasteiger partial charge in [-0.3, -0.25) is 9.69 Å². The average molecular weight is 263 g/mol. The van der Waals surface area contributed by atoms with Gasteiger partial charge in [-0.1, -0.05) is 24.3 Å². The fourth-order valence-electron chi connectivity index (χ4n) is 2.90. The van der Waals surface area contributed by atoms with Crippen LogP contribution in [0.3, 0.4) is 0 Å². The molecule has 0 aliphatic heterocycles. The van der Waals surface area contributed by atoms with Gasteiger partial charge in [0.25, 0.3) is 0 Å². The van der Waals surface area contributed by atoms with Crippen molar-refractivity contribution in [2.24, 2.45) is 0 Å². The van der Waals surface area contributed by atoms with Crippen LogP contribution >= 0.6 is 0 Å². The van der Waals surface area contributed by atoms with Crippen molar-refractivity contribution >= 4 is 5.97 Å². The maximum atomic E-state index is 11.0. The number of rotatable bonds is 6. The summed E-state index contributed by atoms with van der Waals surface area (Å²) in [7, 11) is 0. The zero-order valence-electron chi connectivity index (χ0n) is 11.1. The van der Waals surface area contributed by atoms with E-state index < -0.39 is 5.97 Å². The lowest BCUT2D eigenvalue weighted by Gasteiger charge is -2.35. The second-order valence-electron chi connectivity index (χ2n) is 5.05. The van der Waals surface area contributed by atoms with Gasteiger partial charge in [-0.05, 0) is 36.8 Å². The van der Waals surface area contributed by atoms with Crippen molar-refractivity contribution in [1.29, 1.82) is 0 Å². The molecule has 1 unspecified atom stereocenters. The van der Waals surface area contributed by atoms with Gasteiger partial charge in [0.05, 0.1) is 6.54 Å². The highest BCUT2D eigenvalue weighted by molar-refractivity contribution is 5.69. The van der Waals surface area contributed by atoms with Gasteiger partial charge >= 0.3 is 5.97 Å². The fraction of sp³-hybridized carbons (Fsp3) is 0.533. The van der Waals surface area contributed by atoms with Crippen LogP contribution in [-0.2, 0) is 11.2 Å². The molecule has 0 aromatic heterocycles. The summed E-state index contributed by atoms with van der Waals surface area (Å²) >= 11 is 0. The normalized spacial score (nSPS) is 18.3. The molecule has 104 valence electrons. The zero-order valence-corrected chi connectivity index (χ0v) is 11.1. The van der Waals surface area contributed by atoms with E-state index in [1.54, 1.807) is 0 Å². The number of hydrogen-bond donors (Lipinski definition) is 2. The predicted molar refractivity (Wildman–Crippen MR) is 73.0 cm³/mol. The zero-order chi connectivity index (χ0) is 13.7. The molecular weight excluding hydrogens is 242 g/mol. The van der Waals surface area contributed by atoms with Crippen molar-refractivity contribution in [2.75, 3.05) is 19.7 Å². The molecule has 0 radical (unpaired) electrons. The van der Waals surface area contributed by atoms with Crippen molar-refractivity contribution in [1.82, 2.24) is 4.90 Å². The summed E-state index contributed by atoms with van der Waals surface area (Å²) in [6, 6.07) is 8.46. The first-order valence-electron chi connectivity index (χ1n) is 6.87. The van der Waals surface area contributed by atoms with Crippen molar-refractivity contribution < 1.29 is 15.0 Å². The Hall–Kier alpha value is -1.39. The largest absolute Gasteiger partial charge is 0.480 e. The topological polar surface area (TPSA) is 60.8 Å². The third kappa shape index (κ3) is 3.55. The molecule has 1 atom stereocenters. The Morgan fingerprint density at radius 3 is 2.89 bits per heavy atom. The van der Waals surface area contributed by atoms with E-state index in [1.807, 2.05) is 17.0 Å². The van der Waals surface area contributed by atoms with Gasteiger partial charge in [-0.2, -0.15) is 0 Å². The van der Waals surface area contributed by atoms with E-state index in [0.717, 1.165) is 19.3 Å². The maximum absolute atomic E-state index is 11.0. The maximum Gasteiger partial charge on any atom is 0.317 e. The Kier molecular flexibility index (Phi) is 4.93. The van der Waals surface area contributed by atoms with Crippen molar-refractivity contribution in [2.45, 2.75) is 31.7 Å². The lowest BCUT2D eigenvalue weighted by atomic mass is 9.86. The average Bonchev–Trinajstić information content (AvgIpc) is 2.42. The molecule has 4 nitrogen and oxygen atoms in total. The molecule has 4 heteroatoms. The number of nitrogens with zero attached hydrogens (tertiary/aromatic N) is 1. The summed E-state index contributed by atoms with van der Waals surface area (Å²) in [5.41, 5.74) is 2.59. The van der Waals surface area contributed by atoms with Gasteiger partial charge in [-0.25, -0.2) is 0 Å². The van der Waals surface area contributed by atoms with Crippen LogP contribution < -0.4 is 0 Å². The third-order valence-electron chi connectivity index (χ3n) is 3.72. The summed E-state index contributed by atoms with van der Waals surface area (Å²) in [6.07, 6.45) is 3.78. The van der Waals surface area contributed by atoms with Crippen LogP contribution in [0.25, 0.3) is 0 Å². The summed E-state index contributed by atoms with van der Waals surface area (Å²) in [4.78, 5) is 13.0. The minimum absolute atomic E-state index is 0.0407. The van der Waals surface area contributed by atoms with E-state index in [2.05, 4.69) is 12.1 Å². The first-order valence-corrected chi connectivity index (χ1v) is 6.87. The monoisotopic (exact) mass is 263 g/mol. The van der Waals surface area contributed by atoms with E-state index in [-0.39, 0.29) is 19.2 Å². The summed E-state index contributed by atoms with van der Waals surface area (Å²) in [5.74, 6) is -0.805. The van der Waals surface area contributed by atoms with Crippen LogP contribution in [0.5, 0.6) is 0 Å². The third-order valence-corrected chi connectivity index (χ3v) is 3.72. The highest BCUT2D eigenvalue weighted by Gasteiger charge is 2.26. The number of aliphatic hydroxyl groups excluding tert-OH is 1. The molecule has 1 aliphatic rings.